The molecule has 7 heteroatoms. The molecule has 2 rings (SSSR count). The second-order valence-electron chi connectivity index (χ2n) is 4.14. The van der Waals surface area contributed by atoms with Crippen LogP contribution in [0.1, 0.15) is 11.3 Å². The van der Waals surface area contributed by atoms with Gasteiger partial charge in [0.05, 0.1) is 20.4 Å². The highest BCUT2D eigenvalue weighted by Crippen LogP contribution is 2.39. The highest BCUT2D eigenvalue weighted by Gasteiger charge is 2.14. The summed E-state index contributed by atoms with van der Waals surface area (Å²) in [4.78, 5) is 0. The quantitative estimate of drug-likeness (QED) is 0.754. The number of hydrogen-bond donors (Lipinski definition) is 0. The molecule has 0 saturated carbocycles. The number of methoxy groups -OCH3 is 2. The molecule has 0 amide bonds. The number of nitrogens with zero attached hydrogens (tertiary/aromatic N) is 3. The number of ether oxygens (including phenoxy) is 3. The summed E-state index contributed by atoms with van der Waals surface area (Å²) >= 11 is 3.41. The van der Waals surface area contributed by atoms with Gasteiger partial charge < -0.3 is 14.2 Å². The molecule has 0 saturated heterocycles. The third kappa shape index (κ3) is 3.22. The van der Waals surface area contributed by atoms with Gasteiger partial charge in [-0.05, 0) is 17.7 Å². The van der Waals surface area contributed by atoms with E-state index < -0.39 is 0 Å². The summed E-state index contributed by atoms with van der Waals surface area (Å²) in [7, 11) is 5.01. The third-order valence-electron chi connectivity index (χ3n) is 2.69. The number of benzene rings is 1. The Kier molecular flexibility index (Phi) is 4.84. The fourth-order valence-corrected chi connectivity index (χ4v) is 2.08. The van der Waals surface area contributed by atoms with Gasteiger partial charge in [0.15, 0.2) is 11.5 Å². The van der Waals surface area contributed by atoms with E-state index in [0.29, 0.717) is 29.2 Å². The van der Waals surface area contributed by atoms with Crippen LogP contribution in [0.5, 0.6) is 17.2 Å². The van der Waals surface area contributed by atoms with Gasteiger partial charge in [-0.2, -0.15) is 0 Å². The predicted octanol–water partition coefficient (Wildman–Crippen LogP) is 2.31. The summed E-state index contributed by atoms with van der Waals surface area (Å²) in [6.45, 7) is 0.300. The highest BCUT2D eigenvalue weighted by atomic mass is 79.9. The molecule has 6 nitrogen and oxygen atoms in total. The van der Waals surface area contributed by atoms with Crippen LogP contribution in [0.3, 0.4) is 0 Å². The number of rotatable bonds is 6. The topological polar surface area (TPSA) is 58.4 Å². The van der Waals surface area contributed by atoms with Crippen molar-refractivity contribution in [1.82, 2.24) is 15.0 Å². The Labute approximate surface area is 125 Å². The summed E-state index contributed by atoms with van der Waals surface area (Å²) in [5.41, 5.74) is 1.78. The van der Waals surface area contributed by atoms with Crippen molar-refractivity contribution < 1.29 is 14.2 Å². The number of hydrogen-bond acceptors (Lipinski definition) is 5. The van der Waals surface area contributed by atoms with E-state index in [1.807, 2.05) is 19.2 Å². The molecule has 20 heavy (non-hydrogen) atoms. The Morgan fingerprint density at radius 2 is 1.85 bits per heavy atom. The van der Waals surface area contributed by atoms with Crippen molar-refractivity contribution in [3.05, 3.63) is 29.6 Å². The van der Waals surface area contributed by atoms with Gasteiger partial charge in [-0.15, -0.1) is 5.10 Å². The molecule has 0 aliphatic heterocycles. The number of aryl methyl sites for hydroxylation is 1. The second-order valence-corrected chi connectivity index (χ2v) is 4.70. The first kappa shape index (κ1) is 14.6. The Balaban J connectivity index is 2.24. The van der Waals surface area contributed by atoms with Crippen LogP contribution in [-0.2, 0) is 19.0 Å². The van der Waals surface area contributed by atoms with E-state index in [2.05, 4.69) is 26.2 Å². The minimum absolute atomic E-state index is 0.300. The van der Waals surface area contributed by atoms with E-state index in [1.165, 1.54) is 0 Å². The first-order valence-corrected chi connectivity index (χ1v) is 7.09. The first-order chi connectivity index (χ1) is 9.67. The van der Waals surface area contributed by atoms with Crippen LogP contribution in [-0.4, -0.2) is 29.2 Å². The molecule has 0 atom stereocenters. The molecule has 0 aliphatic carbocycles. The van der Waals surface area contributed by atoms with Crippen molar-refractivity contribution in [1.29, 1.82) is 0 Å². The van der Waals surface area contributed by atoms with Crippen molar-refractivity contribution in [2.75, 3.05) is 14.2 Å². The van der Waals surface area contributed by atoms with Crippen molar-refractivity contribution in [3.8, 4) is 17.2 Å². The standard InChI is InChI=1S/C13H16BrN3O3/c1-17-7-10(15-16-17)8-20-13-11(18-2)4-9(6-14)5-12(13)19-3/h4-5,7H,6,8H2,1-3H3. The Bertz CT molecular complexity index is 561. The molecule has 1 aromatic carbocycles. The number of halogens is 1. The molecular formula is C13H16BrN3O3. The fraction of sp³-hybridized carbons (Fsp3) is 0.385. The lowest BCUT2D eigenvalue weighted by Crippen LogP contribution is -2.01. The first-order valence-electron chi connectivity index (χ1n) is 5.96. The van der Waals surface area contributed by atoms with Crippen LogP contribution < -0.4 is 14.2 Å². The number of alkyl halides is 1. The molecule has 0 aliphatic rings. The second kappa shape index (κ2) is 6.60. The maximum atomic E-state index is 5.77. The molecule has 2 aromatic rings. The Morgan fingerprint density at radius 3 is 2.30 bits per heavy atom. The van der Waals surface area contributed by atoms with Gasteiger partial charge in [0.25, 0.3) is 0 Å². The average Bonchev–Trinajstić information content (AvgIpc) is 2.89. The van der Waals surface area contributed by atoms with Gasteiger partial charge in [0, 0.05) is 12.4 Å². The summed E-state index contributed by atoms with van der Waals surface area (Å²) in [6.07, 6.45) is 1.80. The molecule has 0 bridgehead atoms. The van der Waals surface area contributed by atoms with E-state index in [0.717, 1.165) is 11.3 Å². The summed E-state index contributed by atoms with van der Waals surface area (Å²) < 4.78 is 18.1. The lowest BCUT2D eigenvalue weighted by molar-refractivity contribution is 0.262. The Morgan fingerprint density at radius 1 is 1.20 bits per heavy atom. The maximum Gasteiger partial charge on any atom is 0.203 e. The highest BCUT2D eigenvalue weighted by molar-refractivity contribution is 9.08. The van der Waals surface area contributed by atoms with E-state index >= 15 is 0 Å². The van der Waals surface area contributed by atoms with Crippen LogP contribution in [0.15, 0.2) is 18.3 Å². The van der Waals surface area contributed by atoms with Crippen LogP contribution in [0.4, 0.5) is 0 Å². The lowest BCUT2D eigenvalue weighted by Gasteiger charge is -2.15. The zero-order chi connectivity index (χ0) is 14.5. The molecular weight excluding hydrogens is 326 g/mol. The van der Waals surface area contributed by atoms with Crippen LogP contribution in [0.2, 0.25) is 0 Å². The fourth-order valence-electron chi connectivity index (χ4n) is 1.76. The van der Waals surface area contributed by atoms with E-state index in [9.17, 15) is 0 Å². The zero-order valence-corrected chi connectivity index (χ0v) is 13.2. The molecule has 1 aromatic heterocycles. The van der Waals surface area contributed by atoms with Gasteiger partial charge in [-0.25, -0.2) is 0 Å². The zero-order valence-electron chi connectivity index (χ0n) is 11.6. The predicted molar refractivity (Wildman–Crippen MR) is 77.5 cm³/mol. The largest absolute Gasteiger partial charge is 0.493 e. The summed E-state index contributed by atoms with van der Waals surface area (Å²) in [5, 5.41) is 8.55. The normalized spacial score (nSPS) is 10.4. The van der Waals surface area contributed by atoms with Gasteiger partial charge in [0.1, 0.15) is 12.3 Å². The minimum Gasteiger partial charge on any atom is -0.493 e. The van der Waals surface area contributed by atoms with Crippen molar-refractivity contribution in [2.45, 2.75) is 11.9 Å². The van der Waals surface area contributed by atoms with Crippen LogP contribution >= 0.6 is 15.9 Å². The van der Waals surface area contributed by atoms with Crippen LogP contribution in [0, 0.1) is 0 Å². The van der Waals surface area contributed by atoms with Gasteiger partial charge in [-0.3, -0.25) is 4.68 Å². The van der Waals surface area contributed by atoms with Gasteiger partial charge >= 0.3 is 0 Å². The van der Waals surface area contributed by atoms with Gasteiger partial charge in [0.2, 0.25) is 5.75 Å². The Hall–Kier alpha value is -1.76. The van der Waals surface area contributed by atoms with Crippen molar-refractivity contribution in [2.24, 2.45) is 7.05 Å². The van der Waals surface area contributed by atoms with Crippen LogP contribution in [0.25, 0.3) is 0 Å². The third-order valence-corrected chi connectivity index (χ3v) is 3.34. The van der Waals surface area contributed by atoms with E-state index in [1.54, 1.807) is 25.1 Å². The molecule has 108 valence electrons. The SMILES string of the molecule is COc1cc(CBr)cc(OC)c1OCc1cn(C)nn1. The van der Waals surface area contributed by atoms with Crippen molar-refractivity contribution >= 4 is 15.9 Å². The summed E-state index contributed by atoms with van der Waals surface area (Å²) in [5.74, 6) is 1.82. The number of aromatic nitrogens is 3. The van der Waals surface area contributed by atoms with E-state index in [4.69, 9.17) is 14.2 Å². The molecule has 1 heterocycles. The monoisotopic (exact) mass is 341 g/mol. The molecule has 0 radical (unpaired) electrons. The minimum atomic E-state index is 0.300. The summed E-state index contributed by atoms with van der Waals surface area (Å²) in [6, 6.07) is 3.81. The molecule has 0 unspecified atom stereocenters. The smallest absolute Gasteiger partial charge is 0.203 e. The molecule has 0 N–H and O–H groups in total. The van der Waals surface area contributed by atoms with E-state index in [-0.39, 0.29) is 0 Å². The molecule has 0 fully saturated rings. The van der Waals surface area contributed by atoms with Gasteiger partial charge in [-0.1, -0.05) is 21.1 Å². The average molecular weight is 342 g/mol. The molecule has 0 spiro atoms. The lowest BCUT2D eigenvalue weighted by atomic mass is 10.2. The maximum absolute atomic E-state index is 5.77. The van der Waals surface area contributed by atoms with Crippen molar-refractivity contribution in [3.63, 3.8) is 0 Å².